The first kappa shape index (κ1) is 8.74. The molecule has 0 aromatic heterocycles. The van der Waals surface area contributed by atoms with E-state index in [4.69, 9.17) is 22.7 Å². The van der Waals surface area contributed by atoms with Crippen molar-refractivity contribution in [2.24, 2.45) is 5.73 Å². The second-order valence-corrected chi connectivity index (χ2v) is 3.09. The van der Waals surface area contributed by atoms with Gasteiger partial charge in [0.1, 0.15) is 0 Å². The lowest BCUT2D eigenvalue weighted by molar-refractivity contribution is 0.0258. The minimum absolute atomic E-state index is 0.390. The van der Waals surface area contributed by atoms with Gasteiger partial charge in [-0.15, -0.1) is 0 Å². The molecule has 1 saturated heterocycles. The number of hydrogen-bond donors (Lipinski definition) is 1. The van der Waals surface area contributed by atoms with Crippen LogP contribution in [-0.4, -0.2) is 35.8 Å². The van der Waals surface area contributed by atoms with Crippen molar-refractivity contribution in [2.45, 2.75) is 19.4 Å². The van der Waals surface area contributed by atoms with Crippen LogP contribution in [0.2, 0.25) is 0 Å². The molecule has 1 rings (SSSR count). The summed E-state index contributed by atoms with van der Waals surface area (Å²) in [5.41, 5.74) is 5.53. The second-order valence-electron chi connectivity index (χ2n) is 2.67. The molecule has 0 radical (unpaired) electrons. The monoisotopic (exact) mass is 174 g/mol. The third-order valence-electron chi connectivity index (χ3n) is 1.98. The first-order valence-electron chi connectivity index (χ1n) is 3.89. The van der Waals surface area contributed by atoms with E-state index in [1.165, 1.54) is 0 Å². The van der Waals surface area contributed by atoms with Gasteiger partial charge in [-0.05, 0) is 18.6 Å². The van der Waals surface area contributed by atoms with Crippen LogP contribution in [0.25, 0.3) is 0 Å². The van der Waals surface area contributed by atoms with E-state index < -0.39 is 0 Å². The lowest BCUT2D eigenvalue weighted by Gasteiger charge is -2.35. The lowest BCUT2D eigenvalue weighted by atomic mass is 10.2. The average Bonchev–Trinajstić information content (AvgIpc) is 2.04. The summed E-state index contributed by atoms with van der Waals surface area (Å²) in [6, 6.07) is 0.390. The molecular weight excluding hydrogens is 160 g/mol. The van der Waals surface area contributed by atoms with E-state index in [2.05, 4.69) is 6.92 Å². The van der Waals surface area contributed by atoms with Gasteiger partial charge in [0, 0.05) is 6.54 Å². The number of morpholine rings is 1. The van der Waals surface area contributed by atoms with Crippen LogP contribution in [0.1, 0.15) is 13.3 Å². The zero-order chi connectivity index (χ0) is 8.27. The Labute approximate surface area is 72.5 Å². The highest BCUT2D eigenvalue weighted by Crippen LogP contribution is 2.09. The maximum absolute atomic E-state index is 5.53. The van der Waals surface area contributed by atoms with Crippen LogP contribution in [-0.2, 0) is 4.74 Å². The van der Waals surface area contributed by atoms with Gasteiger partial charge in [0.25, 0.3) is 0 Å². The third-order valence-corrected chi connectivity index (χ3v) is 2.22. The highest BCUT2D eigenvalue weighted by Gasteiger charge is 2.21. The summed E-state index contributed by atoms with van der Waals surface area (Å²) in [6.07, 6.45) is 1.04. The van der Waals surface area contributed by atoms with Gasteiger partial charge in [0.15, 0.2) is 5.11 Å². The summed E-state index contributed by atoms with van der Waals surface area (Å²) in [4.78, 5) is 2.04. The standard InChI is InChI=1S/C7H14N2OS/c1-2-6-5-10-4-3-9(6)7(8)11/h6H,2-5H2,1H3,(H2,8,11). The largest absolute Gasteiger partial charge is 0.377 e. The number of nitrogens with zero attached hydrogens (tertiary/aromatic N) is 1. The molecule has 1 heterocycles. The highest BCUT2D eigenvalue weighted by atomic mass is 32.1. The molecule has 0 amide bonds. The van der Waals surface area contributed by atoms with Crippen molar-refractivity contribution in [3.8, 4) is 0 Å². The van der Waals surface area contributed by atoms with Crippen molar-refractivity contribution in [1.82, 2.24) is 4.90 Å². The van der Waals surface area contributed by atoms with Crippen LogP contribution in [0.4, 0.5) is 0 Å². The fraction of sp³-hybridized carbons (Fsp3) is 0.857. The number of hydrogen-bond acceptors (Lipinski definition) is 2. The van der Waals surface area contributed by atoms with Crippen molar-refractivity contribution in [2.75, 3.05) is 19.8 Å². The number of ether oxygens (including phenoxy) is 1. The summed E-state index contributed by atoms with van der Waals surface area (Å²) in [5.74, 6) is 0. The number of rotatable bonds is 1. The van der Waals surface area contributed by atoms with Crippen LogP contribution in [0.3, 0.4) is 0 Å². The molecule has 2 N–H and O–H groups in total. The SMILES string of the molecule is CCC1COCCN1C(N)=S. The quantitative estimate of drug-likeness (QED) is 0.582. The first-order chi connectivity index (χ1) is 5.25. The maximum Gasteiger partial charge on any atom is 0.166 e. The topological polar surface area (TPSA) is 38.5 Å². The van der Waals surface area contributed by atoms with Gasteiger partial charge in [-0.2, -0.15) is 0 Å². The molecule has 1 aliphatic rings. The number of thiocarbonyl (C=S) groups is 1. The molecule has 1 fully saturated rings. The van der Waals surface area contributed by atoms with E-state index in [0.29, 0.717) is 11.2 Å². The molecule has 1 atom stereocenters. The fourth-order valence-electron chi connectivity index (χ4n) is 1.28. The molecule has 3 nitrogen and oxygen atoms in total. The Morgan fingerprint density at radius 2 is 2.55 bits per heavy atom. The Morgan fingerprint density at radius 3 is 3.00 bits per heavy atom. The Hall–Kier alpha value is -0.350. The highest BCUT2D eigenvalue weighted by molar-refractivity contribution is 7.80. The lowest BCUT2D eigenvalue weighted by Crippen LogP contribution is -2.50. The van der Waals surface area contributed by atoms with E-state index >= 15 is 0 Å². The molecule has 0 aromatic carbocycles. The maximum atomic E-state index is 5.53. The molecule has 0 aromatic rings. The van der Waals surface area contributed by atoms with Gasteiger partial charge in [-0.25, -0.2) is 0 Å². The third kappa shape index (κ3) is 2.04. The molecule has 11 heavy (non-hydrogen) atoms. The Morgan fingerprint density at radius 1 is 1.82 bits per heavy atom. The van der Waals surface area contributed by atoms with Gasteiger partial charge < -0.3 is 15.4 Å². The van der Waals surface area contributed by atoms with E-state index in [9.17, 15) is 0 Å². The Balaban J connectivity index is 2.51. The fourth-order valence-corrected chi connectivity index (χ4v) is 1.52. The normalized spacial score (nSPS) is 25.2. The zero-order valence-electron chi connectivity index (χ0n) is 6.75. The predicted octanol–water partition coefficient (Wildman–Crippen LogP) is 0.341. The molecule has 1 aliphatic heterocycles. The van der Waals surface area contributed by atoms with Crippen LogP contribution >= 0.6 is 12.2 Å². The van der Waals surface area contributed by atoms with Gasteiger partial charge in [-0.3, -0.25) is 0 Å². The van der Waals surface area contributed by atoms with Gasteiger partial charge in [0.05, 0.1) is 19.3 Å². The molecule has 4 heteroatoms. The van der Waals surface area contributed by atoms with E-state index in [1.54, 1.807) is 0 Å². The molecule has 1 unspecified atom stereocenters. The first-order valence-corrected chi connectivity index (χ1v) is 4.30. The molecule has 0 spiro atoms. The van der Waals surface area contributed by atoms with Gasteiger partial charge in [0.2, 0.25) is 0 Å². The van der Waals surface area contributed by atoms with Gasteiger partial charge in [-0.1, -0.05) is 6.92 Å². The molecular formula is C7H14N2OS. The molecule has 64 valence electrons. The van der Waals surface area contributed by atoms with E-state index in [-0.39, 0.29) is 0 Å². The molecule has 0 aliphatic carbocycles. The van der Waals surface area contributed by atoms with Crippen LogP contribution in [0, 0.1) is 0 Å². The molecule has 0 bridgehead atoms. The summed E-state index contributed by atoms with van der Waals surface area (Å²) < 4.78 is 5.30. The van der Waals surface area contributed by atoms with Gasteiger partial charge >= 0.3 is 0 Å². The Bertz CT molecular complexity index is 151. The average molecular weight is 174 g/mol. The Kier molecular flexibility index (Phi) is 3.08. The summed E-state index contributed by atoms with van der Waals surface area (Å²) in [5, 5.41) is 0.500. The van der Waals surface area contributed by atoms with E-state index in [1.807, 2.05) is 4.90 Å². The predicted molar refractivity (Wildman–Crippen MR) is 48.4 cm³/mol. The van der Waals surface area contributed by atoms with Crippen molar-refractivity contribution < 1.29 is 4.74 Å². The van der Waals surface area contributed by atoms with Crippen LogP contribution in [0.5, 0.6) is 0 Å². The smallest absolute Gasteiger partial charge is 0.166 e. The minimum Gasteiger partial charge on any atom is -0.377 e. The zero-order valence-corrected chi connectivity index (χ0v) is 7.56. The molecule has 0 saturated carbocycles. The summed E-state index contributed by atoms with van der Waals surface area (Å²) in [7, 11) is 0. The van der Waals surface area contributed by atoms with Crippen molar-refractivity contribution in [1.29, 1.82) is 0 Å². The van der Waals surface area contributed by atoms with E-state index in [0.717, 1.165) is 26.2 Å². The summed E-state index contributed by atoms with van der Waals surface area (Å²) in [6.45, 7) is 4.46. The van der Waals surface area contributed by atoms with Crippen molar-refractivity contribution in [3.63, 3.8) is 0 Å². The minimum atomic E-state index is 0.390. The van der Waals surface area contributed by atoms with Crippen molar-refractivity contribution >= 4 is 17.3 Å². The van der Waals surface area contributed by atoms with Crippen molar-refractivity contribution in [3.05, 3.63) is 0 Å². The summed E-state index contributed by atoms with van der Waals surface area (Å²) >= 11 is 4.91. The van der Waals surface area contributed by atoms with Crippen LogP contribution < -0.4 is 5.73 Å². The number of nitrogens with two attached hydrogens (primary N) is 1. The van der Waals surface area contributed by atoms with Crippen LogP contribution in [0.15, 0.2) is 0 Å². The second kappa shape index (κ2) is 3.88.